The number of alkyl halides is 1. The summed E-state index contributed by atoms with van der Waals surface area (Å²) >= 11 is 0. The number of halogens is 1. The van der Waals surface area contributed by atoms with Gasteiger partial charge in [-0.15, -0.1) is 5.10 Å². The van der Waals surface area contributed by atoms with E-state index in [0.29, 0.717) is 13.1 Å². The lowest BCUT2D eigenvalue weighted by Gasteiger charge is -2.24. The average Bonchev–Trinajstić information content (AvgIpc) is 3.53. The maximum Gasteiger partial charge on any atom is 0.273 e. The van der Waals surface area contributed by atoms with Crippen LogP contribution in [0.5, 0.6) is 0 Å². The van der Waals surface area contributed by atoms with E-state index in [1.165, 1.54) is 10.9 Å². The van der Waals surface area contributed by atoms with Crippen molar-refractivity contribution in [2.45, 2.75) is 44.7 Å². The average molecular weight is 425 g/mol. The number of imidazole rings is 1. The summed E-state index contributed by atoms with van der Waals surface area (Å²) in [7, 11) is 0. The van der Waals surface area contributed by atoms with Crippen molar-refractivity contribution in [1.82, 2.24) is 34.8 Å². The largest absolute Gasteiger partial charge is 0.347 e. The molecule has 1 aliphatic heterocycles. The molecule has 0 unspecified atom stereocenters. The third-order valence-corrected chi connectivity index (χ3v) is 5.29. The maximum atomic E-state index is 14.1. The standard InChI is InChI=1S/C21H24FN7O2/c22-17-10-18(29(12-17)20(30)6-8-27-9-7-23-15-27)13-28-14-19(25-26-28)21(31)24-11-16-4-2-1-3-5-16/h1-5,7,9,14-15,17-18H,6,8,10-13H2,(H,24,31)/t17-,18-/m0/s1. The van der Waals surface area contributed by atoms with Gasteiger partial charge in [-0.3, -0.25) is 9.59 Å². The van der Waals surface area contributed by atoms with E-state index in [-0.39, 0.29) is 49.5 Å². The van der Waals surface area contributed by atoms with E-state index in [1.807, 2.05) is 34.9 Å². The first-order chi connectivity index (χ1) is 15.1. The van der Waals surface area contributed by atoms with Crippen LogP contribution < -0.4 is 5.32 Å². The summed E-state index contributed by atoms with van der Waals surface area (Å²) in [6.45, 7) is 1.24. The van der Waals surface area contributed by atoms with Crippen molar-refractivity contribution in [1.29, 1.82) is 0 Å². The Hall–Kier alpha value is -3.56. The number of rotatable bonds is 8. The van der Waals surface area contributed by atoms with Gasteiger partial charge in [-0.25, -0.2) is 14.1 Å². The highest BCUT2D eigenvalue weighted by atomic mass is 19.1. The SMILES string of the molecule is O=C(NCc1ccccc1)c1cn(C[C@@H]2C[C@H](F)CN2C(=O)CCn2ccnc2)nn1. The fraction of sp³-hybridized carbons (Fsp3) is 0.381. The first kappa shape index (κ1) is 20.7. The zero-order chi connectivity index (χ0) is 21.6. The van der Waals surface area contributed by atoms with E-state index < -0.39 is 6.17 Å². The fourth-order valence-corrected chi connectivity index (χ4v) is 3.70. The number of likely N-dealkylation sites (tertiary alicyclic amines) is 1. The second kappa shape index (κ2) is 9.50. The van der Waals surface area contributed by atoms with E-state index >= 15 is 0 Å². The first-order valence-electron chi connectivity index (χ1n) is 10.2. The van der Waals surface area contributed by atoms with Crippen molar-refractivity contribution in [3.8, 4) is 0 Å². The number of nitrogens with zero attached hydrogens (tertiary/aromatic N) is 6. The normalized spacial score (nSPS) is 18.3. The number of nitrogens with one attached hydrogen (secondary N) is 1. The Morgan fingerprint density at radius 2 is 2.06 bits per heavy atom. The summed E-state index contributed by atoms with van der Waals surface area (Å²) in [6, 6.07) is 9.23. The number of carbonyl (C=O) groups excluding carboxylic acids is 2. The molecule has 1 aliphatic rings. The molecular formula is C21H24FN7O2. The molecule has 2 aromatic heterocycles. The van der Waals surface area contributed by atoms with Gasteiger partial charge in [0.25, 0.3) is 5.91 Å². The van der Waals surface area contributed by atoms with Crippen molar-refractivity contribution in [2.75, 3.05) is 6.54 Å². The Labute approximate surface area is 178 Å². The van der Waals surface area contributed by atoms with Gasteiger partial charge in [0.1, 0.15) is 6.17 Å². The molecule has 0 bridgehead atoms. The van der Waals surface area contributed by atoms with Gasteiger partial charge in [-0.2, -0.15) is 0 Å². The molecule has 162 valence electrons. The van der Waals surface area contributed by atoms with Crippen LogP contribution in [-0.2, 0) is 24.4 Å². The van der Waals surface area contributed by atoms with Crippen molar-refractivity contribution < 1.29 is 14.0 Å². The first-order valence-corrected chi connectivity index (χ1v) is 10.2. The molecular weight excluding hydrogens is 401 g/mol. The number of amides is 2. The van der Waals surface area contributed by atoms with E-state index in [9.17, 15) is 14.0 Å². The molecule has 4 rings (SSSR count). The number of aromatic nitrogens is 5. The second-order valence-corrected chi connectivity index (χ2v) is 7.58. The van der Waals surface area contributed by atoms with Crippen molar-refractivity contribution >= 4 is 11.8 Å². The second-order valence-electron chi connectivity index (χ2n) is 7.58. The third-order valence-electron chi connectivity index (χ3n) is 5.29. The van der Waals surface area contributed by atoms with Gasteiger partial charge in [-0.1, -0.05) is 35.5 Å². The zero-order valence-corrected chi connectivity index (χ0v) is 17.0. The minimum Gasteiger partial charge on any atom is -0.347 e. The Bertz CT molecular complexity index is 1010. The van der Waals surface area contributed by atoms with Gasteiger partial charge < -0.3 is 14.8 Å². The van der Waals surface area contributed by atoms with Gasteiger partial charge in [0.2, 0.25) is 5.91 Å². The molecule has 0 spiro atoms. The highest BCUT2D eigenvalue weighted by Gasteiger charge is 2.35. The number of benzene rings is 1. The Kier molecular flexibility index (Phi) is 6.34. The van der Waals surface area contributed by atoms with Crippen LogP contribution in [0.15, 0.2) is 55.2 Å². The quantitative estimate of drug-likeness (QED) is 0.589. The van der Waals surface area contributed by atoms with Crippen molar-refractivity contribution in [2.24, 2.45) is 0 Å². The van der Waals surface area contributed by atoms with Crippen LogP contribution in [0.1, 0.15) is 28.9 Å². The summed E-state index contributed by atoms with van der Waals surface area (Å²) in [5.74, 6) is -0.446. The Morgan fingerprint density at radius 3 is 2.84 bits per heavy atom. The van der Waals surface area contributed by atoms with Crippen LogP contribution in [-0.4, -0.2) is 60.0 Å². The lowest BCUT2D eigenvalue weighted by molar-refractivity contribution is -0.132. The summed E-state index contributed by atoms with van der Waals surface area (Å²) in [4.78, 5) is 30.5. The van der Waals surface area contributed by atoms with E-state index in [2.05, 4.69) is 20.6 Å². The smallest absolute Gasteiger partial charge is 0.273 e. The number of hydrogen-bond donors (Lipinski definition) is 1. The minimum atomic E-state index is -1.07. The van der Waals surface area contributed by atoms with Gasteiger partial charge in [-0.05, 0) is 5.56 Å². The molecule has 3 heterocycles. The van der Waals surface area contributed by atoms with Crippen LogP contribution >= 0.6 is 0 Å². The predicted octanol–water partition coefficient (Wildman–Crippen LogP) is 1.43. The minimum absolute atomic E-state index is 0.0759. The molecule has 1 aromatic carbocycles. The molecule has 1 fully saturated rings. The molecule has 9 nitrogen and oxygen atoms in total. The Balaban J connectivity index is 1.32. The molecule has 0 saturated carbocycles. The van der Waals surface area contributed by atoms with Gasteiger partial charge in [0.05, 0.1) is 31.7 Å². The monoisotopic (exact) mass is 425 g/mol. The van der Waals surface area contributed by atoms with Crippen LogP contribution in [0.3, 0.4) is 0 Å². The van der Waals surface area contributed by atoms with E-state index in [1.54, 1.807) is 23.6 Å². The van der Waals surface area contributed by atoms with Gasteiger partial charge >= 0.3 is 0 Å². The number of hydrogen-bond acceptors (Lipinski definition) is 5. The topological polar surface area (TPSA) is 97.9 Å². The molecule has 0 aliphatic carbocycles. The van der Waals surface area contributed by atoms with Crippen LogP contribution in [0, 0.1) is 0 Å². The highest BCUT2D eigenvalue weighted by Crippen LogP contribution is 2.23. The molecule has 1 saturated heterocycles. The van der Waals surface area contributed by atoms with Gasteiger partial charge in [0, 0.05) is 38.3 Å². The summed E-state index contributed by atoms with van der Waals surface area (Å²) in [5, 5.41) is 10.7. The maximum absolute atomic E-state index is 14.1. The molecule has 0 radical (unpaired) electrons. The van der Waals surface area contributed by atoms with E-state index in [0.717, 1.165) is 5.56 Å². The molecule has 2 amide bonds. The summed E-state index contributed by atoms with van der Waals surface area (Å²) < 4.78 is 17.4. The van der Waals surface area contributed by atoms with Crippen LogP contribution in [0.2, 0.25) is 0 Å². The summed E-state index contributed by atoms with van der Waals surface area (Å²) in [5.41, 5.74) is 1.16. The number of aryl methyl sites for hydroxylation is 1. The van der Waals surface area contributed by atoms with Gasteiger partial charge in [0.15, 0.2) is 5.69 Å². The molecule has 31 heavy (non-hydrogen) atoms. The number of carbonyl (C=O) groups is 2. The molecule has 10 heteroatoms. The highest BCUT2D eigenvalue weighted by molar-refractivity contribution is 5.91. The molecule has 1 N–H and O–H groups in total. The lowest BCUT2D eigenvalue weighted by atomic mass is 10.2. The lowest BCUT2D eigenvalue weighted by Crippen LogP contribution is -2.38. The van der Waals surface area contributed by atoms with Crippen LogP contribution in [0.25, 0.3) is 0 Å². The third kappa shape index (κ3) is 5.33. The fourth-order valence-electron chi connectivity index (χ4n) is 3.70. The molecule has 2 atom stereocenters. The predicted molar refractivity (Wildman–Crippen MR) is 109 cm³/mol. The van der Waals surface area contributed by atoms with E-state index in [4.69, 9.17) is 0 Å². The Morgan fingerprint density at radius 1 is 1.23 bits per heavy atom. The van der Waals surface area contributed by atoms with Crippen LogP contribution in [0.4, 0.5) is 4.39 Å². The zero-order valence-electron chi connectivity index (χ0n) is 17.0. The van der Waals surface area contributed by atoms with Crippen molar-refractivity contribution in [3.05, 3.63) is 66.5 Å². The molecule has 3 aromatic rings. The van der Waals surface area contributed by atoms with Crippen molar-refractivity contribution in [3.63, 3.8) is 0 Å². The summed E-state index contributed by atoms with van der Waals surface area (Å²) in [6.07, 6.45) is 6.05.